The first-order chi connectivity index (χ1) is 8.31. The summed E-state index contributed by atoms with van der Waals surface area (Å²) >= 11 is 5.97. The lowest BCUT2D eigenvalue weighted by molar-refractivity contribution is 1.22. The second kappa shape index (κ2) is 5.30. The number of hydrogen-bond acceptors (Lipinski definition) is 3. The van der Waals surface area contributed by atoms with Crippen molar-refractivity contribution in [3.05, 3.63) is 51.8 Å². The molecule has 0 aliphatic rings. The van der Waals surface area contributed by atoms with Crippen molar-refractivity contribution in [2.24, 2.45) is 5.11 Å². The summed E-state index contributed by atoms with van der Waals surface area (Å²) in [6, 6.07) is 5.68. The summed E-state index contributed by atoms with van der Waals surface area (Å²) in [5, 5.41) is 4.65. The lowest BCUT2D eigenvalue weighted by Crippen LogP contribution is -1.84. The van der Waals surface area contributed by atoms with Crippen LogP contribution in [-0.2, 0) is 0 Å². The van der Waals surface area contributed by atoms with Crippen LogP contribution in [0.5, 0.6) is 0 Å². The van der Waals surface area contributed by atoms with E-state index in [1.807, 2.05) is 24.3 Å². The van der Waals surface area contributed by atoms with Gasteiger partial charge in [-0.2, -0.15) is 0 Å². The van der Waals surface area contributed by atoms with Gasteiger partial charge in [-0.3, -0.25) is 0 Å². The summed E-state index contributed by atoms with van der Waals surface area (Å²) in [5.41, 5.74) is 9.90. The van der Waals surface area contributed by atoms with Gasteiger partial charge in [-0.1, -0.05) is 34.9 Å². The van der Waals surface area contributed by atoms with Crippen LogP contribution in [0.1, 0.15) is 5.56 Å². The third-order valence-electron chi connectivity index (χ3n) is 2.17. The molecule has 0 unspecified atom stereocenters. The molecule has 0 spiro atoms. The molecule has 1 aromatic heterocycles. The Morgan fingerprint density at radius 1 is 1.41 bits per heavy atom. The molecule has 0 radical (unpaired) electrons. The maximum Gasteiger partial charge on any atom is 0.140 e. The van der Waals surface area contributed by atoms with Gasteiger partial charge in [0.1, 0.15) is 11.5 Å². The van der Waals surface area contributed by atoms with Gasteiger partial charge < -0.3 is 0 Å². The maximum absolute atomic E-state index is 8.13. The number of halogens is 1. The zero-order valence-electron chi connectivity index (χ0n) is 8.79. The van der Waals surface area contributed by atoms with Crippen LogP contribution < -0.4 is 0 Å². The fourth-order valence-corrected chi connectivity index (χ4v) is 1.61. The number of rotatable bonds is 3. The van der Waals surface area contributed by atoms with Crippen molar-refractivity contribution in [2.45, 2.75) is 0 Å². The zero-order chi connectivity index (χ0) is 12.1. The van der Waals surface area contributed by atoms with E-state index < -0.39 is 0 Å². The first-order valence-corrected chi connectivity index (χ1v) is 5.27. The number of benzene rings is 1. The third kappa shape index (κ3) is 2.72. The van der Waals surface area contributed by atoms with E-state index in [1.165, 1.54) is 6.33 Å². The molecule has 0 aliphatic carbocycles. The number of nitrogens with zero attached hydrogens (tertiary/aromatic N) is 5. The summed E-state index contributed by atoms with van der Waals surface area (Å²) in [6.45, 7) is 0.327. The normalized spacial score (nSPS) is 10.6. The van der Waals surface area contributed by atoms with Crippen LogP contribution >= 0.6 is 11.6 Å². The molecule has 6 heteroatoms. The summed E-state index contributed by atoms with van der Waals surface area (Å²) in [4.78, 5) is 10.7. The van der Waals surface area contributed by atoms with Crippen molar-refractivity contribution in [3.8, 4) is 0 Å². The van der Waals surface area contributed by atoms with Gasteiger partial charge in [0.15, 0.2) is 0 Å². The molecule has 0 amide bonds. The van der Waals surface area contributed by atoms with E-state index in [-0.39, 0.29) is 0 Å². The summed E-state index contributed by atoms with van der Waals surface area (Å²) in [5.74, 6) is 0. The second-order valence-corrected chi connectivity index (χ2v) is 3.61. The molecule has 2 aromatic rings. The number of aromatic nitrogens is 2. The van der Waals surface area contributed by atoms with Crippen molar-refractivity contribution >= 4 is 28.6 Å². The average Bonchev–Trinajstić information content (AvgIpc) is 2.36. The quantitative estimate of drug-likeness (QED) is 0.359. The molecule has 1 aromatic carbocycles. The van der Waals surface area contributed by atoms with Crippen molar-refractivity contribution < 1.29 is 0 Å². The van der Waals surface area contributed by atoms with Crippen LogP contribution in [0.15, 0.2) is 35.7 Å². The Hall–Kier alpha value is -2.10. The molecule has 5 nitrogen and oxygen atoms in total. The molecule has 2 rings (SSSR count). The Kier molecular flexibility index (Phi) is 3.55. The zero-order valence-corrected chi connectivity index (χ0v) is 9.54. The Morgan fingerprint density at radius 2 is 2.29 bits per heavy atom. The van der Waals surface area contributed by atoms with E-state index in [1.54, 1.807) is 6.08 Å². The van der Waals surface area contributed by atoms with Crippen LogP contribution in [0.3, 0.4) is 0 Å². The van der Waals surface area contributed by atoms with Crippen molar-refractivity contribution in [3.63, 3.8) is 0 Å². The molecule has 0 aliphatic heterocycles. The Balaban J connectivity index is 2.34. The predicted molar refractivity (Wildman–Crippen MR) is 67.6 cm³/mol. The fraction of sp³-hybridized carbons (Fsp3) is 0.0909. The monoisotopic (exact) mass is 245 g/mol. The molecule has 1 heterocycles. The predicted octanol–water partition coefficient (Wildman–Crippen LogP) is 3.61. The second-order valence-electron chi connectivity index (χ2n) is 3.26. The van der Waals surface area contributed by atoms with Gasteiger partial charge in [-0.25, -0.2) is 9.97 Å². The van der Waals surface area contributed by atoms with E-state index in [0.29, 0.717) is 11.7 Å². The lowest BCUT2D eigenvalue weighted by Gasteiger charge is -1.99. The van der Waals surface area contributed by atoms with Gasteiger partial charge in [0.2, 0.25) is 0 Å². The largest absolute Gasteiger partial charge is 0.236 e. The first kappa shape index (κ1) is 11.4. The molecular formula is C11H8ClN5. The highest BCUT2D eigenvalue weighted by atomic mass is 35.5. The number of azide groups is 1. The van der Waals surface area contributed by atoms with Crippen molar-refractivity contribution in [2.75, 3.05) is 6.54 Å². The van der Waals surface area contributed by atoms with E-state index in [9.17, 15) is 0 Å². The molecule has 0 fully saturated rings. The summed E-state index contributed by atoms with van der Waals surface area (Å²) in [7, 11) is 0. The number of fused-ring (bicyclic) bond motifs is 1. The highest BCUT2D eigenvalue weighted by molar-refractivity contribution is 6.34. The van der Waals surface area contributed by atoms with Crippen LogP contribution in [0.25, 0.3) is 27.4 Å². The van der Waals surface area contributed by atoms with Crippen LogP contribution in [0, 0.1) is 0 Å². The summed E-state index contributed by atoms with van der Waals surface area (Å²) in [6.07, 6.45) is 5.07. The van der Waals surface area contributed by atoms with Crippen molar-refractivity contribution in [1.82, 2.24) is 9.97 Å². The summed E-state index contributed by atoms with van der Waals surface area (Å²) < 4.78 is 0. The molecule has 0 saturated heterocycles. The molecule has 17 heavy (non-hydrogen) atoms. The first-order valence-electron chi connectivity index (χ1n) is 4.89. The molecular weight excluding hydrogens is 238 g/mol. The highest BCUT2D eigenvalue weighted by Crippen LogP contribution is 2.20. The standard InChI is InChI=1S/C11H8ClN5/c12-11-9-6-8(2-1-5-16-17-13)3-4-10(9)14-7-15-11/h1-4,6-7H,5H2. The molecule has 0 saturated carbocycles. The molecule has 84 valence electrons. The Bertz CT molecular complexity index is 616. The van der Waals surface area contributed by atoms with E-state index >= 15 is 0 Å². The minimum Gasteiger partial charge on any atom is -0.236 e. The highest BCUT2D eigenvalue weighted by Gasteiger charge is 2.00. The average molecular weight is 246 g/mol. The SMILES string of the molecule is [N-]=[N+]=NCC=Cc1ccc2ncnc(Cl)c2c1. The smallest absolute Gasteiger partial charge is 0.140 e. The molecule has 0 bridgehead atoms. The third-order valence-corrected chi connectivity index (χ3v) is 2.47. The minimum atomic E-state index is 0.327. The van der Waals surface area contributed by atoms with E-state index in [4.69, 9.17) is 17.1 Å². The van der Waals surface area contributed by atoms with Gasteiger partial charge in [0.25, 0.3) is 0 Å². The lowest BCUT2D eigenvalue weighted by atomic mass is 10.1. The van der Waals surface area contributed by atoms with Gasteiger partial charge in [0.05, 0.1) is 5.52 Å². The Labute approximate surface area is 102 Å². The van der Waals surface area contributed by atoms with Gasteiger partial charge in [-0.05, 0) is 23.2 Å². The van der Waals surface area contributed by atoms with Gasteiger partial charge >= 0.3 is 0 Å². The van der Waals surface area contributed by atoms with Crippen LogP contribution in [0.2, 0.25) is 5.15 Å². The molecule has 0 N–H and O–H groups in total. The molecule has 0 atom stereocenters. The maximum atomic E-state index is 8.13. The fourth-order valence-electron chi connectivity index (χ4n) is 1.42. The Morgan fingerprint density at radius 3 is 3.12 bits per heavy atom. The minimum absolute atomic E-state index is 0.327. The van der Waals surface area contributed by atoms with Crippen LogP contribution in [-0.4, -0.2) is 16.5 Å². The van der Waals surface area contributed by atoms with Gasteiger partial charge in [0, 0.05) is 16.8 Å². The van der Waals surface area contributed by atoms with Gasteiger partial charge in [-0.15, -0.1) is 0 Å². The number of hydrogen-bond donors (Lipinski definition) is 0. The van der Waals surface area contributed by atoms with Crippen molar-refractivity contribution in [1.29, 1.82) is 0 Å². The topological polar surface area (TPSA) is 74.5 Å². The van der Waals surface area contributed by atoms with E-state index in [0.717, 1.165) is 16.5 Å². The van der Waals surface area contributed by atoms with Crippen LogP contribution in [0.4, 0.5) is 0 Å². The van der Waals surface area contributed by atoms with E-state index in [2.05, 4.69) is 20.0 Å².